The summed E-state index contributed by atoms with van der Waals surface area (Å²) in [6, 6.07) is 0. The molecule has 0 radical (unpaired) electrons. The van der Waals surface area contributed by atoms with Gasteiger partial charge in [0.15, 0.2) is 0 Å². The zero-order valence-corrected chi connectivity index (χ0v) is 9.21. The van der Waals surface area contributed by atoms with Crippen LogP contribution in [0.1, 0.15) is 45.4 Å². The van der Waals surface area contributed by atoms with Crippen LogP contribution in [-0.2, 0) is 9.47 Å². The second kappa shape index (κ2) is 5.13. The van der Waals surface area contributed by atoms with Crippen LogP contribution < -0.4 is 0 Å². The highest BCUT2D eigenvalue weighted by Gasteiger charge is 2.23. The lowest BCUT2D eigenvalue weighted by Gasteiger charge is -2.31. The van der Waals surface area contributed by atoms with Crippen LogP contribution in [0, 0.1) is 5.92 Å². The SMILES string of the molecule is CC1CCC(OC2CCOCC2)CC1. The minimum Gasteiger partial charge on any atom is -0.381 e. The molecule has 0 N–H and O–H groups in total. The van der Waals surface area contributed by atoms with Crippen LogP contribution in [0.25, 0.3) is 0 Å². The average Bonchev–Trinajstić information content (AvgIpc) is 2.23. The van der Waals surface area contributed by atoms with Gasteiger partial charge in [0.25, 0.3) is 0 Å². The molecule has 1 heterocycles. The Hall–Kier alpha value is -0.0800. The zero-order chi connectivity index (χ0) is 9.80. The Morgan fingerprint density at radius 1 is 0.857 bits per heavy atom. The normalized spacial score (nSPS) is 35.8. The summed E-state index contributed by atoms with van der Waals surface area (Å²) in [6.45, 7) is 4.15. The van der Waals surface area contributed by atoms with Crippen molar-refractivity contribution in [3.05, 3.63) is 0 Å². The van der Waals surface area contributed by atoms with Crippen LogP contribution in [0.3, 0.4) is 0 Å². The summed E-state index contributed by atoms with van der Waals surface area (Å²) in [6.07, 6.45) is 8.51. The molecule has 82 valence electrons. The molecular formula is C12H22O2. The van der Waals surface area contributed by atoms with Crippen LogP contribution in [0.15, 0.2) is 0 Å². The Morgan fingerprint density at radius 3 is 2.07 bits per heavy atom. The molecule has 1 saturated carbocycles. The maximum atomic E-state index is 6.10. The van der Waals surface area contributed by atoms with Crippen molar-refractivity contribution in [1.82, 2.24) is 0 Å². The van der Waals surface area contributed by atoms with E-state index in [2.05, 4.69) is 6.92 Å². The summed E-state index contributed by atoms with van der Waals surface area (Å²) < 4.78 is 11.4. The van der Waals surface area contributed by atoms with Gasteiger partial charge < -0.3 is 9.47 Å². The van der Waals surface area contributed by atoms with E-state index in [0.717, 1.165) is 32.0 Å². The van der Waals surface area contributed by atoms with Gasteiger partial charge in [-0.1, -0.05) is 6.92 Å². The summed E-state index contributed by atoms with van der Waals surface area (Å²) in [5, 5.41) is 0. The Bertz CT molecular complexity index is 156. The van der Waals surface area contributed by atoms with E-state index in [1.54, 1.807) is 0 Å². The molecule has 0 spiro atoms. The summed E-state index contributed by atoms with van der Waals surface area (Å²) >= 11 is 0. The standard InChI is InChI=1S/C12H22O2/c1-10-2-4-11(5-3-10)14-12-6-8-13-9-7-12/h10-12H,2-9H2,1H3. The largest absolute Gasteiger partial charge is 0.381 e. The van der Waals surface area contributed by atoms with E-state index >= 15 is 0 Å². The highest BCUT2D eigenvalue weighted by Crippen LogP contribution is 2.27. The fourth-order valence-corrected chi connectivity index (χ4v) is 2.45. The first-order valence-electron chi connectivity index (χ1n) is 6.08. The summed E-state index contributed by atoms with van der Waals surface area (Å²) in [7, 11) is 0. The average molecular weight is 198 g/mol. The van der Waals surface area contributed by atoms with Crippen molar-refractivity contribution in [3.8, 4) is 0 Å². The van der Waals surface area contributed by atoms with Gasteiger partial charge in [0.2, 0.25) is 0 Å². The van der Waals surface area contributed by atoms with E-state index in [1.807, 2.05) is 0 Å². The quantitative estimate of drug-likeness (QED) is 0.679. The lowest BCUT2D eigenvalue weighted by Crippen LogP contribution is -2.30. The third-order valence-electron chi connectivity index (χ3n) is 3.52. The van der Waals surface area contributed by atoms with Gasteiger partial charge in [0.05, 0.1) is 12.2 Å². The molecule has 0 aromatic heterocycles. The van der Waals surface area contributed by atoms with E-state index in [9.17, 15) is 0 Å². The predicted octanol–water partition coefficient (Wildman–Crippen LogP) is 2.76. The first-order chi connectivity index (χ1) is 6.84. The molecule has 1 saturated heterocycles. The molecule has 1 aliphatic carbocycles. The highest BCUT2D eigenvalue weighted by molar-refractivity contribution is 4.73. The zero-order valence-electron chi connectivity index (χ0n) is 9.21. The van der Waals surface area contributed by atoms with E-state index in [-0.39, 0.29) is 0 Å². The van der Waals surface area contributed by atoms with Gasteiger partial charge >= 0.3 is 0 Å². The topological polar surface area (TPSA) is 18.5 Å². The molecule has 0 bridgehead atoms. The van der Waals surface area contributed by atoms with Crippen molar-refractivity contribution in [2.75, 3.05) is 13.2 Å². The van der Waals surface area contributed by atoms with Crippen molar-refractivity contribution in [1.29, 1.82) is 0 Å². The first-order valence-corrected chi connectivity index (χ1v) is 6.08. The maximum Gasteiger partial charge on any atom is 0.0622 e. The summed E-state index contributed by atoms with van der Waals surface area (Å²) in [4.78, 5) is 0. The van der Waals surface area contributed by atoms with Gasteiger partial charge in [0.1, 0.15) is 0 Å². The predicted molar refractivity (Wildman–Crippen MR) is 56.3 cm³/mol. The molecule has 2 nitrogen and oxygen atoms in total. The Balaban J connectivity index is 1.68. The van der Waals surface area contributed by atoms with Crippen LogP contribution in [-0.4, -0.2) is 25.4 Å². The number of rotatable bonds is 2. The minimum atomic E-state index is 0.488. The fourth-order valence-electron chi connectivity index (χ4n) is 2.45. The van der Waals surface area contributed by atoms with E-state index in [4.69, 9.17) is 9.47 Å². The van der Waals surface area contributed by atoms with Gasteiger partial charge in [-0.2, -0.15) is 0 Å². The monoisotopic (exact) mass is 198 g/mol. The molecule has 0 aromatic carbocycles. The lowest BCUT2D eigenvalue weighted by molar-refractivity contribution is -0.0811. The van der Waals surface area contributed by atoms with Crippen molar-refractivity contribution in [2.24, 2.45) is 5.92 Å². The van der Waals surface area contributed by atoms with Crippen LogP contribution in [0.2, 0.25) is 0 Å². The molecule has 0 unspecified atom stereocenters. The molecule has 2 aliphatic rings. The van der Waals surface area contributed by atoms with Crippen molar-refractivity contribution >= 4 is 0 Å². The molecule has 14 heavy (non-hydrogen) atoms. The maximum absolute atomic E-state index is 6.10. The third kappa shape index (κ3) is 2.96. The van der Waals surface area contributed by atoms with Crippen molar-refractivity contribution in [3.63, 3.8) is 0 Å². The second-order valence-corrected chi connectivity index (χ2v) is 4.83. The molecular weight excluding hydrogens is 176 g/mol. The van der Waals surface area contributed by atoms with Gasteiger partial charge in [-0.3, -0.25) is 0 Å². The molecule has 1 aliphatic heterocycles. The number of ether oxygens (including phenoxy) is 2. The van der Waals surface area contributed by atoms with Crippen LogP contribution in [0.4, 0.5) is 0 Å². The number of hydrogen-bond donors (Lipinski definition) is 0. The van der Waals surface area contributed by atoms with Crippen molar-refractivity contribution < 1.29 is 9.47 Å². The fraction of sp³-hybridized carbons (Fsp3) is 1.00. The van der Waals surface area contributed by atoms with Crippen LogP contribution in [0.5, 0.6) is 0 Å². The molecule has 2 fully saturated rings. The van der Waals surface area contributed by atoms with Gasteiger partial charge in [0, 0.05) is 13.2 Å². The molecule has 2 heteroatoms. The Morgan fingerprint density at radius 2 is 1.43 bits per heavy atom. The first kappa shape index (κ1) is 10.4. The smallest absolute Gasteiger partial charge is 0.0622 e. The van der Waals surface area contributed by atoms with Crippen molar-refractivity contribution in [2.45, 2.75) is 57.7 Å². The highest BCUT2D eigenvalue weighted by atomic mass is 16.5. The minimum absolute atomic E-state index is 0.488. The second-order valence-electron chi connectivity index (χ2n) is 4.83. The van der Waals surface area contributed by atoms with E-state index in [1.165, 1.54) is 25.7 Å². The van der Waals surface area contributed by atoms with Gasteiger partial charge in [-0.15, -0.1) is 0 Å². The Kier molecular flexibility index (Phi) is 3.82. The molecule has 2 rings (SSSR count). The lowest BCUT2D eigenvalue weighted by atomic mass is 9.89. The van der Waals surface area contributed by atoms with Gasteiger partial charge in [-0.05, 0) is 44.4 Å². The van der Waals surface area contributed by atoms with E-state index < -0.39 is 0 Å². The molecule has 0 amide bonds. The van der Waals surface area contributed by atoms with Gasteiger partial charge in [-0.25, -0.2) is 0 Å². The third-order valence-corrected chi connectivity index (χ3v) is 3.52. The summed E-state index contributed by atoms with van der Waals surface area (Å²) in [5.74, 6) is 0.921. The Labute approximate surface area is 87.0 Å². The van der Waals surface area contributed by atoms with E-state index in [0.29, 0.717) is 12.2 Å². The summed E-state index contributed by atoms with van der Waals surface area (Å²) in [5.41, 5.74) is 0. The molecule has 0 aromatic rings. The molecule has 0 atom stereocenters. The number of hydrogen-bond acceptors (Lipinski definition) is 2. The van der Waals surface area contributed by atoms with Crippen LogP contribution >= 0.6 is 0 Å².